The van der Waals surface area contributed by atoms with Crippen molar-refractivity contribution < 1.29 is 19.1 Å². The first-order valence-electron chi connectivity index (χ1n) is 7.86. The molecular formula is C18H15ClN2O4. The normalized spacial score (nSPS) is 18.5. The molecule has 2 amide bonds. The number of fused-ring (bicyclic) bond motifs is 1. The smallest absolute Gasteiger partial charge is 0.231 e. The molecule has 2 aromatic rings. The summed E-state index contributed by atoms with van der Waals surface area (Å²) in [7, 11) is 0. The third kappa shape index (κ3) is 3.13. The molecule has 1 fully saturated rings. The summed E-state index contributed by atoms with van der Waals surface area (Å²) in [5.74, 6) is 0.559. The number of hydrogen-bond acceptors (Lipinski definition) is 4. The standard InChI is InChI=1S/C18H15ClN2O4/c19-12-2-1-3-13(7-12)20-18(23)11-6-17(22)21(9-11)14-4-5-15-16(8-14)25-10-24-15/h1-5,7-8,11H,6,9-10H2,(H,20,23). The zero-order chi connectivity index (χ0) is 17.4. The molecule has 7 heteroatoms. The van der Waals surface area contributed by atoms with Gasteiger partial charge in [0.25, 0.3) is 0 Å². The first-order valence-corrected chi connectivity index (χ1v) is 8.24. The minimum absolute atomic E-state index is 0.0925. The van der Waals surface area contributed by atoms with Crippen LogP contribution in [0, 0.1) is 5.92 Å². The molecule has 2 heterocycles. The van der Waals surface area contributed by atoms with Crippen LogP contribution in [0.3, 0.4) is 0 Å². The van der Waals surface area contributed by atoms with Gasteiger partial charge in [0.15, 0.2) is 11.5 Å². The van der Waals surface area contributed by atoms with Gasteiger partial charge >= 0.3 is 0 Å². The van der Waals surface area contributed by atoms with Gasteiger partial charge in [-0.3, -0.25) is 9.59 Å². The van der Waals surface area contributed by atoms with Crippen LogP contribution in [0.15, 0.2) is 42.5 Å². The number of anilines is 2. The van der Waals surface area contributed by atoms with Gasteiger partial charge in [-0.25, -0.2) is 0 Å². The highest BCUT2D eigenvalue weighted by atomic mass is 35.5. The van der Waals surface area contributed by atoms with Gasteiger partial charge in [0.2, 0.25) is 18.6 Å². The summed E-state index contributed by atoms with van der Waals surface area (Å²) in [6.45, 7) is 0.502. The van der Waals surface area contributed by atoms with Crippen molar-refractivity contribution in [3.05, 3.63) is 47.5 Å². The van der Waals surface area contributed by atoms with E-state index in [-0.39, 0.29) is 25.0 Å². The van der Waals surface area contributed by atoms with E-state index in [2.05, 4.69) is 5.32 Å². The molecule has 2 aliphatic rings. The Balaban J connectivity index is 1.47. The monoisotopic (exact) mass is 358 g/mol. The van der Waals surface area contributed by atoms with Crippen molar-refractivity contribution in [2.45, 2.75) is 6.42 Å². The number of nitrogens with one attached hydrogen (secondary N) is 1. The van der Waals surface area contributed by atoms with Crippen LogP contribution >= 0.6 is 11.6 Å². The maximum absolute atomic E-state index is 12.5. The highest BCUT2D eigenvalue weighted by Gasteiger charge is 2.35. The largest absolute Gasteiger partial charge is 0.454 e. The molecule has 0 bridgehead atoms. The molecule has 0 aliphatic carbocycles. The van der Waals surface area contributed by atoms with Crippen molar-refractivity contribution in [2.24, 2.45) is 5.92 Å². The van der Waals surface area contributed by atoms with Crippen LogP contribution in [-0.4, -0.2) is 25.2 Å². The third-order valence-electron chi connectivity index (χ3n) is 4.26. The number of benzene rings is 2. The van der Waals surface area contributed by atoms with Crippen molar-refractivity contribution >= 4 is 34.8 Å². The second-order valence-electron chi connectivity index (χ2n) is 5.94. The Bertz CT molecular complexity index is 855. The number of hydrogen-bond donors (Lipinski definition) is 1. The predicted molar refractivity (Wildman–Crippen MR) is 93.1 cm³/mol. The van der Waals surface area contributed by atoms with E-state index in [1.807, 2.05) is 0 Å². The van der Waals surface area contributed by atoms with Crippen molar-refractivity contribution in [1.82, 2.24) is 0 Å². The van der Waals surface area contributed by atoms with Crippen LogP contribution in [0.25, 0.3) is 0 Å². The topological polar surface area (TPSA) is 67.9 Å². The Morgan fingerprint density at radius 3 is 2.84 bits per heavy atom. The van der Waals surface area contributed by atoms with E-state index in [0.717, 1.165) is 0 Å². The first-order chi connectivity index (χ1) is 12.1. The van der Waals surface area contributed by atoms with Gasteiger partial charge in [-0.1, -0.05) is 17.7 Å². The van der Waals surface area contributed by atoms with Gasteiger partial charge in [-0.15, -0.1) is 0 Å². The molecule has 0 saturated carbocycles. The fraction of sp³-hybridized carbons (Fsp3) is 0.222. The van der Waals surface area contributed by atoms with E-state index >= 15 is 0 Å². The molecule has 4 rings (SSSR count). The van der Waals surface area contributed by atoms with Gasteiger partial charge < -0.3 is 19.7 Å². The lowest BCUT2D eigenvalue weighted by Crippen LogP contribution is -2.28. The Labute approximate surface area is 149 Å². The molecule has 1 atom stereocenters. The van der Waals surface area contributed by atoms with Crippen LogP contribution < -0.4 is 19.7 Å². The summed E-state index contributed by atoms with van der Waals surface area (Å²) < 4.78 is 10.6. The van der Waals surface area contributed by atoms with Crippen LogP contribution in [0.1, 0.15) is 6.42 Å². The third-order valence-corrected chi connectivity index (χ3v) is 4.49. The minimum atomic E-state index is -0.420. The predicted octanol–water partition coefficient (Wildman–Crippen LogP) is 3.06. The molecule has 2 aliphatic heterocycles. The van der Waals surface area contributed by atoms with Crippen molar-refractivity contribution in [1.29, 1.82) is 0 Å². The Hall–Kier alpha value is -2.73. The number of carbonyl (C=O) groups excluding carboxylic acids is 2. The molecule has 0 radical (unpaired) electrons. The molecule has 0 aromatic heterocycles. The van der Waals surface area contributed by atoms with Gasteiger partial charge in [0.1, 0.15) is 0 Å². The average molecular weight is 359 g/mol. The van der Waals surface area contributed by atoms with Gasteiger partial charge in [0, 0.05) is 35.4 Å². The van der Waals surface area contributed by atoms with Crippen LogP contribution in [0.5, 0.6) is 11.5 Å². The maximum Gasteiger partial charge on any atom is 0.231 e. The molecule has 1 N–H and O–H groups in total. The zero-order valence-corrected chi connectivity index (χ0v) is 14.0. The fourth-order valence-electron chi connectivity index (χ4n) is 3.00. The van der Waals surface area contributed by atoms with E-state index < -0.39 is 5.92 Å². The van der Waals surface area contributed by atoms with Gasteiger partial charge in [-0.2, -0.15) is 0 Å². The lowest BCUT2D eigenvalue weighted by molar-refractivity contribution is -0.122. The number of amides is 2. The molecule has 128 valence electrons. The fourth-order valence-corrected chi connectivity index (χ4v) is 3.19. The highest BCUT2D eigenvalue weighted by Crippen LogP contribution is 2.37. The maximum atomic E-state index is 12.5. The molecular weight excluding hydrogens is 344 g/mol. The summed E-state index contributed by atoms with van der Waals surface area (Å²) in [5.41, 5.74) is 1.32. The van der Waals surface area contributed by atoms with Crippen LogP contribution in [0.4, 0.5) is 11.4 Å². The summed E-state index contributed by atoms with van der Waals surface area (Å²) >= 11 is 5.93. The van der Waals surface area contributed by atoms with Crippen LogP contribution in [0.2, 0.25) is 5.02 Å². The number of carbonyl (C=O) groups is 2. The van der Waals surface area contributed by atoms with Gasteiger partial charge in [-0.05, 0) is 30.3 Å². The molecule has 1 saturated heterocycles. The number of ether oxygens (including phenoxy) is 2. The van der Waals surface area contributed by atoms with E-state index in [9.17, 15) is 9.59 Å². The number of rotatable bonds is 3. The Morgan fingerprint density at radius 2 is 2.00 bits per heavy atom. The first kappa shape index (κ1) is 15.8. The van der Waals surface area contributed by atoms with E-state index in [1.54, 1.807) is 47.4 Å². The molecule has 2 aromatic carbocycles. The van der Waals surface area contributed by atoms with Crippen molar-refractivity contribution in [2.75, 3.05) is 23.6 Å². The number of halogens is 1. The quantitative estimate of drug-likeness (QED) is 0.915. The minimum Gasteiger partial charge on any atom is -0.454 e. The van der Waals surface area contributed by atoms with E-state index in [0.29, 0.717) is 34.4 Å². The number of nitrogens with zero attached hydrogens (tertiary/aromatic N) is 1. The lowest BCUT2D eigenvalue weighted by atomic mass is 10.1. The van der Waals surface area contributed by atoms with Gasteiger partial charge in [0.05, 0.1) is 5.92 Å². The summed E-state index contributed by atoms with van der Waals surface area (Å²) in [6.07, 6.45) is 0.168. The Morgan fingerprint density at radius 1 is 1.16 bits per heavy atom. The van der Waals surface area contributed by atoms with E-state index in [4.69, 9.17) is 21.1 Å². The summed E-state index contributed by atoms with van der Waals surface area (Å²) in [4.78, 5) is 26.4. The zero-order valence-electron chi connectivity index (χ0n) is 13.2. The molecule has 0 spiro atoms. The summed E-state index contributed by atoms with van der Waals surface area (Å²) in [5, 5.41) is 3.36. The molecule has 6 nitrogen and oxygen atoms in total. The molecule has 1 unspecified atom stereocenters. The van der Waals surface area contributed by atoms with Crippen molar-refractivity contribution in [3.63, 3.8) is 0 Å². The summed E-state index contributed by atoms with van der Waals surface area (Å²) in [6, 6.07) is 12.3. The Kier molecular flexibility index (Phi) is 3.97. The second-order valence-corrected chi connectivity index (χ2v) is 6.38. The highest BCUT2D eigenvalue weighted by molar-refractivity contribution is 6.30. The molecule has 25 heavy (non-hydrogen) atoms. The van der Waals surface area contributed by atoms with E-state index in [1.165, 1.54) is 0 Å². The SMILES string of the molecule is O=C(Nc1cccc(Cl)c1)C1CC(=O)N(c2ccc3c(c2)OCO3)C1. The lowest BCUT2D eigenvalue weighted by Gasteiger charge is -2.17. The van der Waals surface area contributed by atoms with Crippen LogP contribution in [-0.2, 0) is 9.59 Å². The average Bonchev–Trinajstić information content (AvgIpc) is 3.20. The second kappa shape index (κ2) is 6.29. The van der Waals surface area contributed by atoms with Crippen molar-refractivity contribution in [3.8, 4) is 11.5 Å².